The first kappa shape index (κ1) is 16.4. The van der Waals surface area contributed by atoms with E-state index in [0.29, 0.717) is 18.1 Å². The minimum absolute atomic E-state index is 0.0601. The average molecular weight is 344 g/mol. The van der Waals surface area contributed by atoms with Gasteiger partial charge in [0.2, 0.25) is 12.7 Å². The number of likely N-dealkylation sites (N-methyl/N-ethyl adjacent to an activating group) is 1. The van der Waals surface area contributed by atoms with Gasteiger partial charge in [0, 0.05) is 24.2 Å². The third kappa shape index (κ3) is 3.71. The summed E-state index contributed by atoms with van der Waals surface area (Å²) >= 11 is 6.10. The first-order valence-electron chi connectivity index (χ1n) is 7.77. The van der Waals surface area contributed by atoms with Crippen molar-refractivity contribution >= 4 is 23.6 Å². The van der Waals surface area contributed by atoms with Gasteiger partial charge in [-0.1, -0.05) is 35.9 Å². The largest absolute Gasteiger partial charge is 0.454 e. The molecule has 5 heteroatoms. The predicted octanol–water partition coefficient (Wildman–Crippen LogP) is 4.13. The molecular formula is C19H18ClNO3. The van der Waals surface area contributed by atoms with Crippen LogP contribution in [0.15, 0.2) is 48.5 Å². The third-order valence-corrected chi connectivity index (χ3v) is 4.16. The van der Waals surface area contributed by atoms with Gasteiger partial charge in [-0.2, -0.15) is 0 Å². The van der Waals surface area contributed by atoms with Crippen LogP contribution < -0.4 is 9.47 Å². The molecule has 0 unspecified atom stereocenters. The summed E-state index contributed by atoms with van der Waals surface area (Å²) in [7, 11) is 0. The highest BCUT2D eigenvalue weighted by atomic mass is 35.5. The minimum Gasteiger partial charge on any atom is -0.454 e. The number of benzene rings is 2. The lowest BCUT2D eigenvalue weighted by Crippen LogP contribution is -2.28. The molecule has 0 saturated heterocycles. The number of halogens is 1. The summed E-state index contributed by atoms with van der Waals surface area (Å²) in [5, 5.41) is 0.625. The fourth-order valence-corrected chi connectivity index (χ4v) is 2.68. The zero-order valence-corrected chi connectivity index (χ0v) is 14.1. The molecule has 4 nitrogen and oxygen atoms in total. The molecule has 0 spiro atoms. The maximum absolute atomic E-state index is 12.4. The Morgan fingerprint density at radius 1 is 1.21 bits per heavy atom. The van der Waals surface area contributed by atoms with E-state index < -0.39 is 0 Å². The molecule has 1 aliphatic heterocycles. The second kappa shape index (κ2) is 7.41. The minimum atomic E-state index is -0.0601. The van der Waals surface area contributed by atoms with E-state index in [4.69, 9.17) is 21.1 Å². The SMILES string of the molecule is CCN(Cc1ccc2c(c1)OCO2)C(=O)/C=C/c1ccccc1Cl. The van der Waals surface area contributed by atoms with Crippen molar-refractivity contribution in [2.75, 3.05) is 13.3 Å². The number of rotatable bonds is 5. The van der Waals surface area contributed by atoms with Crippen LogP contribution in [0.25, 0.3) is 6.08 Å². The van der Waals surface area contributed by atoms with Crippen molar-refractivity contribution < 1.29 is 14.3 Å². The van der Waals surface area contributed by atoms with Gasteiger partial charge in [-0.25, -0.2) is 0 Å². The summed E-state index contributed by atoms with van der Waals surface area (Å²) in [6, 6.07) is 13.2. The number of amides is 1. The molecule has 2 aromatic rings. The van der Waals surface area contributed by atoms with Crippen molar-refractivity contribution in [3.63, 3.8) is 0 Å². The number of fused-ring (bicyclic) bond motifs is 1. The van der Waals surface area contributed by atoms with Gasteiger partial charge in [-0.05, 0) is 42.3 Å². The zero-order valence-electron chi connectivity index (χ0n) is 13.4. The highest BCUT2D eigenvalue weighted by molar-refractivity contribution is 6.32. The molecule has 1 heterocycles. The van der Waals surface area contributed by atoms with E-state index in [0.717, 1.165) is 22.6 Å². The smallest absolute Gasteiger partial charge is 0.246 e. The maximum atomic E-state index is 12.4. The molecule has 0 atom stereocenters. The summed E-state index contributed by atoms with van der Waals surface area (Å²) in [6.07, 6.45) is 3.30. The second-order valence-electron chi connectivity index (χ2n) is 5.39. The van der Waals surface area contributed by atoms with Crippen LogP contribution >= 0.6 is 11.6 Å². The van der Waals surface area contributed by atoms with Crippen molar-refractivity contribution in [1.82, 2.24) is 4.90 Å². The van der Waals surface area contributed by atoms with Gasteiger partial charge in [0.05, 0.1) is 0 Å². The van der Waals surface area contributed by atoms with Crippen molar-refractivity contribution in [2.24, 2.45) is 0 Å². The van der Waals surface area contributed by atoms with E-state index in [-0.39, 0.29) is 12.7 Å². The van der Waals surface area contributed by atoms with E-state index in [1.54, 1.807) is 23.1 Å². The van der Waals surface area contributed by atoms with E-state index >= 15 is 0 Å². The van der Waals surface area contributed by atoms with Crippen LogP contribution in [0.1, 0.15) is 18.1 Å². The Morgan fingerprint density at radius 3 is 2.79 bits per heavy atom. The molecule has 0 aromatic heterocycles. The highest BCUT2D eigenvalue weighted by Gasteiger charge is 2.15. The molecule has 24 heavy (non-hydrogen) atoms. The molecular weight excluding hydrogens is 326 g/mol. The van der Waals surface area contributed by atoms with Crippen LogP contribution in [0.5, 0.6) is 11.5 Å². The standard InChI is InChI=1S/C19H18ClNO3/c1-2-21(12-14-7-9-17-18(11-14)24-13-23-17)19(22)10-8-15-5-3-4-6-16(15)20/h3-11H,2,12-13H2,1H3/b10-8+. The van der Waals surface area contributed by atoms with Crippen LogP contribution in [-0.4, -0.2) is 24.1 Å². The van der Waals surface area contributed by atoms with Crippen LogP contribution in [0.3, 0.4) is 0 Å². The second-order valence-corrected chi connectivity index (χ2v) is 5.80. The molecule has 1 aliphatic rings. The molecule has 0 saturated carbocycles. The Hall–Kier alpha value is -2.46. The van der Waals surface area contributed by atoms with Crippen LogP contribution in [0, 0.1) is 0 Å². The van der Waals surface area contributed by atoms with Crippen molar-refractivity contribution in [3.05, 3.63) is 64.7 Å². The van der Waals surface area contributed by atoms with Crippen molar-refractivity contribution in [1.29, 1.82) is 0 Å². The molecule has 0 radical (unpaired) electrons. The fourth-order valence-electron chi connectivity index (χ4n) is 2.48. The van der Waals surface area contributed by atoms with Gasteiger partial charge in [0.1, 0.15) is 0 Å². The molecule has 2 aromatic carbocycles. The number of carbonyl (C=O) groups excluding carboxylic acids is 1. The number of nitrogens with zero attached hydrogens (tertiary/aromatic N) is 1. The molecule has 124 valence electrons. The molecule has 0 N–H and O–H groups in total. The lowest BCUT2D eigenvalue weighted by Gasteiger charge is -2.19. The summed E-state index contributed by atoms with van der Waals surface area (Å²) < 4.78 is 10.7. The van der Waals surface area contributed by atoms with Crippen molar-refractivity contribution in [2.45, 2.75) is 13.5 Å². The Bertz CT molecular complexity index is 773. The maximum Gasteiger partial charge on any atom is 0.246 e. The van der Waals surface area contributed by atoms with E-state index in [9.17, 15) is 4.79 Å². The van der Waals surface area contributed by atoms with Crippen LogP contribution in [0.2, 0.25) is 5.02 Å². The predicted molar refractivity (Wildman–Crippen MR) is 94.1 cm³/mol. The van der Waals surface area contributed by atoms with Crippen LogP contribution in [0.4, 0.5) is 0 Å². The molecule has 0 bridgehead atoms. The monoisotopic (exact) mass is 343 g/mol. The first-order valence-corrected chi connectivity index (χ1v) is 8.15. The lowest BCUT2D eigenvalue weighted by molar-refractivity contribution is -0.126. The zero-order chi connectivity index (χ0) is 16.9. The topological polar surface area (TPSA) is 38.8 Å². The number of hydrogen-bond donors (Lipinski definition) is 0. The molecule has 1 amide bonds. The number of ether oxygens (including phenoxy) is 2. The van der Waals surface area contributed by atoms with E-state index in [2.05, 4.69) is 0 Å². The number of hydrogen-bond acceptors (Lipinski definition) is 3. The Labute approximate surface area is 146 Å². The highest BCUT2D eigenvalue weighted by Crippen LogP contribution is 2.32. The molecule has 0 fully saturated rings. The summed E-state index contributed by atoms with van der Waals surface area (Å²) in [6.45, 7) is 3.32. The third-order valence-electron chi connectivity index (χ3n) is 3.81. The van der Waals surface area contributed by atoms with Crippen LogP contribution in [-0.2, 0) is 11.3 Å². The Kier molecular flexibility index (Phi) is 5.06. The van der Waals surface area contributed by atoms with Gasteiger partial charge in [-0.3, -0.25) is 4.79 Å². The fraction of sp³-hybridized carbons (Fsp3) is 0.211. The normalized spacial score (nSPS) is 12.6. The molecule has 3 rings (SSSR count). The van der Waals surface area contributed by atoms with Crippen molar-refractivity contribution in [3.8, 4) is 11.5 Å². The van der Waals surface area contributed by atoms with E-state index in [1.807, 2.05) is 43.3 Å². The molecule has 0 aliphatic carbocycles. The summed E-state index contributed by atoms with van der Waals surface area (Å²) in [5.41, 5.74) is 1.83. The van der Waals surface area contributed by atoms with Gasteiger partial charge in [0.25, 0.3) is 0 Å². The Balaban J connectivity index is 1.69. The van der Waals surface area contributed by atoms with Gasteiger partial charge in [0.15, 0.2) is 11.5 Å². The quantitative estimate of drug-likeness (QED) is 0.766. The summed E-state index contributed by atoms with van der Waals surface area (Å²) in [5.74, 6) is 1.41. The van der Waals surface area contributed by atoms with Gasteiger partial charge in [-0.15, -0.1) is 0 Å². The first-order chi connectivity index (χ1) is 11.7. The van der Waals surface area contributed by atoms with Gasteiger partial charge >= 0.3 is 0 Å². The number of carbonyl (C=O) groups is 1. The average Bonchev–Trinajstić information content (AvgIpc) is 3.06. The Morgan fingerprint density at radius 2 is 2.00 bits per heavy atom. The van der Waals surface area contributed by atoms with Gasteiger partial charge < -0.3 is 14.4 Å². The lowest BCUT2D eigenvalue weighted by atomic mass is 10.1. The van der Waals surface area contributed by atoms with E-state index in [1.165, 1.54) is 0 Å². The summed E-state index contributed by atoms with van der Waals surface area (Å²) in [4.78, 5) is 14.2.